The van der Waals surface area contributed by atoms with E-state index >= 15 is 0 Å². The van der Waals surface area contributed by atoms with Crippen molar-refractivity contribution in [3.05, 3.63) is 29.1 Å². The van der Waals surface area contributed by atoms with E-state index in [9.17, 15) is 4.39 Å². The van der Waals surface area contributed by atoms with Crippen LogP contribution in [-0.4, -0.2) is 32.1 Å². The lowest BCUT2D eigenvalue weighted by Crippen LogP contribution is -2.21. The van der Waals surface area contributed by atoms with Crippen LogP contribution in [0, 0.1) is 11.7 Å². The Kier molecular flexibility index (Phi) is 4.66. The van der Waals surface area contributed by atoms with Crippen molar-refractivity contribution in [3.8, 4) is 5.75 Å². The highest BCUT2D eigenvalue weighted by Crippen LogP contribution is 2.41. The number of hydrogen-bond donors (Lipinski definition) is 1. The number of nitrogens with zero attached hydrogens (tertiary/aromatic N) is 1. The summed E-state index contributed by atoms with van der Waals surface area (Å²) in [5.41, 5.74) is 7.96. The van der Waals surface area contributed by atoms with Crippen molar-refractivity contribution in [1.82, 2.24) is 4.90 Å². The minimum atomic E-state index is -0.231. The van der Waals surface area contributed by atoms with Gasteiger partial charge in [-0.2, -0.15) is 0 Å². The molecule has 1 saturated heterocycles. The monoisotopic (exact) mass is 280 g/mol. The van der Waals surface area contributed by atoms with E-state index in [-0.39, 0.29) is 11.9 Å². The molecule has 4 heteroatoms. The number of methoxy groups -OCH3 is 1. The summed E-state index contributed by atoms with van der Waals surface area (Å²) in [5.74, 6) is 1.20. The van der Waals surface area contributed by atoms with Crippen LogP contribution in [0.15, 0.2) is 12.1 Å². The number of likely N-dealkylation sites (tertiary alicyclic amines) is 1. The van der Waals surface area contributed by atoms with E-state index in [4.69, 9.17) is 10.5 Å². The first-order valence-corrected chi connectivity index (χ1v) is 7.25. The van der Waals surface area contributed by atoms with E-state index in [1.165, 1.54) is 6.07 Å². The summed E-state index contributed by atoms with van der Waals surface area (Å²) < 4.78 is 19.3. The quantitative estimate of drug-likeness (QED) is 0.921. The third-order valence-corrected chi connectivity index (χ3v) is 4.26. The van der Waals surface area contributed by atoms with Crippen LogP contribution in [0.25, 0.3) is 0 Å². The molecule has 3 nitrogen and oxygen atoms in total. The molecule has 0 saturated carbocycles. The molecule has 0 aromatic heterocycles. The van der Waals surface area contributed by atoms with Crippen molar-refractivity contribution in [2.75, 3.05) is 27.2 Å². The van der Waals surface area contributed by atoms with Gasteiger partial charge in [0.1, 0.15) is 11.6 Å². The zero-order valence-electron chi connectivity index (χ0n) is 12.8. The SMILES string of the molecule is COc1cc(F)cc(C2CC(CN)CN2C)c1C(C)C. The summed E-state index contributed by atoms with van der Waals surface area (Å²) in [5, 5.41) is 0. The largest absolute Gasteiger partial charge is 0.496 e. The van der Waals surface area contributed by atoms with E-state index in [0.717, 1.165) is 24.1 Å². The molecule has 1 aromatic rings. The van der Waals surface area contributed by atoms with Gasteiger partial charge in [-0.15, -0.1) is 0 Å². The lowest BCUT2D eigenvalue weighted by molar-refractivity contribution is 0.309. The maximum atomic E-state index is 13.9. The average Bonchev–Trinajstić information content (AvgIpc) is 2.78. The summed E-state index contributed by atoms with van der Waals surface area (Å²) in [7, 11) is 3.69. The molecule has 1 aliphatic rings. The fraction of sp³-hybridized carbons (Fsp3) is 0.625. The molecule has 0 radical (unpaired) electrons. The number of nitrogens with two attached hydrogens (primary N) is 1. The standard InChI is InChI=1S/C16H25FN2O/c1-10(2)16-13(6-12(17)7-15(16)20-4)14-5-11(8-18)9-19(14)3/h6-7,10-11,14H,5,8-9,18H2,1-4H3. The summed E-state index contributed by atoms with van der Waals surface area (Å²) >= 11 is 0. The first kappa shape index (κ1) is 15.3. The molecule has 1 heterocycles. The molecular weight excluding hydrogens is 255 g/mol. The molecule has 0 amide bonds. The summed E-state index contributed by atoms with van der Waals surface area (Å²) in [4.78, 5) is 2.28. The molecule has 0 spiro atoms. The zero-order chi connectivity index (χ0) is 14.9. The van der Waals surface area contributed by atoms with Crippen LogP contribution in [0.3, 0.4) is 0 Å². The van der Waals surface area contributed by atoms with Crippen molar-refractivity contribution >= 4 is 0 Å². The third kappa shape index (κ3) is 2.81. The Bertz CT molecular complexity index is 476. The highest BCUT2D eigenvalue weighted by Gasteiger charge is 2.32. The Labute approximate surface area is 120 Å². The van der Waals surface area contributed by atoms with Gasteiger partial charge in [-0.05, 0) is 43.5 Å². The number of hydrogen-bond acceptors (Lipinski definition) is 3. The minimum absolute atomic E-state index is 0.227. The van der Waals surface area contributed by atoms with Crippen LogP contribution >= 0.6 is 0 Å². The van der Waals surface area contributed by atoms with Crippen LogP contribution < -0.4 is 10.5 Å². The van der Waals surface area contributed by atoms with Crippen LogP contribution in [-0.2, 0) is 0 Å². The molecule has 2 N–H and O–H groups in total. The molecule has 1 aliphatic heterocycles. The summed E-state index contributed by atoms with van der Waals surface area (Å²) in [6.45, 7) is 5.89. The molecule has 1 fully saturated rings. The fourth-order valence-electron chi connectivity index (χ4n) is 3.32. The van der Waals surface area contributed by atoms with E-state index in [2.05, 4.69) is 25.8 Å². The Morgan fingerprint density at radius 3 is 2.65 bits per heavy atom. The van der Waals surface area contributed by atoms with Gasteiger partial charge in [0.15, 0.2) is 0 Å². The molecule has 1 aromatic carbocycles. The van der Waals surface area contributed by atoms with Crippen molar-refractivity contribution in [1.29, 1.82) is 0 Å². The lowest BCUT2D eigenvalue weighted by Gasteiger charge is -2.25. The van der Waals surface area contributed by atoms with Gasteiger partial charge in [-0.3, -0.25) is 4.90 Å². The Morgan fingerprint density at radius 2 is 2.15 bits per heavy atom. The van der Waals surface area contributed by atoms with Crippen LogP contribution in [0.2, 0.25) is 0 Å². The summed E-state index contributed by atoms with van der Waals surface area (Å²) in [6.07, 6.45) is 0.985. The molecule has 2 rings (SSSR count). The van der Waals surface area contributed by atoms with E-state index < -0.39 is 0 Å². The molecule has 112 valence electrons. The fourth-order valence-corrected chi connectivity index (χ4v) is 3.32. The Morgan fingerprint density at radius 1 is 1.45 bits per heavy atom. The molecular formula is C16H25FN2O. The van der Waals surface area contributed by atoms with Crippen LogP contribution in [0.1, 0.15) is 43.4 Å². The highest BCUT2D eigenvalue weighted by atomic mass is 19.1. The zero-order valence-corrected chi connectivity index (χ0v) is 12.8. The van der Waals surface area contributed by atoms with Gasteiger partial charge in [-0.1, -0.05) is 13.8 Å². The number of ether oxygens (including phenoxy) is 1. The normalized spacial score (nSPS) is 23.6. The van der Waals surface area contributed by atoms with Gasteiger partial charge >= 0.3 is 0 Å². The highest BCUT2D eigenvalue weighted by molar-refractivity contribution is 5.45. The number of rotatable bonds is 4. The second kappa shape index (κ2) is 6.10. The molecule has 2 atom stereocenters. The van der Waals surface area contributed by atoms with Crippen molar-refractivity contribution in [2.24, 2.45) is 11.7 Å². The van der Waals surface area contributed by atoms with Crippen molar-refractivity contribution in [2.45, 2.75) is 32.2 Å². The van der Waals surface area contributed by atoms with Gasteiger partial charge < -0.3 is 10.5 Å². The first-order valence-electron chi connectivity index (χ1n) is 7.25. The molecule has 0 aliphatic carbocycles. The van der Waals surface area contributed by atoms with Gasteiger partial charge in [0.2, 0.25) is 0 Å². The second-order valence-electron chi connectivity index (χ2n) is 6.06. The molecule has 20 heavy (non-hydrogen) atoms. The molecule has 0 bridgehead atoms. The van der Waals surface area contributed by atoms with E-state index in [0.29, 0.717) is 24.1 Å². The predicted molar refractivity (Wildman–Crippen MR) is 79.6 cm³/mol. The minimum Gasteiger partial charge on any atom is -0.496 e. The van der Waals surface area contributed by atoms with Gasteiger partial charge in [0.25, 0.3) is 0 Å². The third-order valence-electron chi connectivity index (χ3n) is 4.26. The Hall–Kier alpha value is -1.13. The predicted octanol–water partition coefficient (Wildman–Crippen LogP) is 2.91. The Balaban J connectivity index is 2.47. The first-order chi connectivity index (χ1) is 9.47. The smallest absolute Gasteiger partial charge is 0.127 e. The van der Waals surface area contributed by atoms with Crippen LogP contribution in [0.4, 0.5) is 4.39 Å². The number of halogens is 1. The topological polar surface area (TPSA) is 38.5 Å². The van der Waals surface area contributed by atoms with E-state index in [1.54, 1.807) is 13.2 Å². The van der Waals surface area contributed by atoms with Crippen LogP contribution in [0.5, 0.6) is 5.75 Å². The maximum Gasteiger partial charge on any atom is 0.127 e. The van der Waals surface area contributed by atoms with Gasteiger partial charge in [0, 0.05) is 24.2 Å². The van der Waals surface area contributed by atoms with Crippen molar-refractivity contribution < 1.29 is 9.13 Å². The van der Waals surface area contributed by atoms with Gasteiger partial charge in [-0.25, -0.2) is 4.39 Å². The maximum absolute atomic E-state index is 13.9. The van der Waals surface area contributed by atoms with Gasteiger partial charge in [0.05, 0.1) is 7.11 Å². The summed E-state index contributed by atoms with van der Waals surface area (Å²) in [6, 6.07) is 3.37. The van der Waals surface area contributed by atoms with Crippen molar-refractivity contribution in [3.63, 3.8) is 0 Å². The average molecular weight is 280 g/mol. The van der Waals surface area contributed by atoms with E-state index in [1.807, 2.05) is 0 Å². The number of benzene rings is 1. The lowest BCUT2D eigenvalue weighted by atomic mass is 9.89. The molecule has 2 unspecified atom stereocenters. The second-order valence-corrected chi connectivity index (χ2v) is 6.06.